The number of nitrogens with zero attached hydrogens (tertiary/aromatic N) is 1. The average molecular weight is 408 g/mol. The van der Waals surface area contributed by atoms with Crippen molar-refractivity contribution < 1.29 is 14.3 Å². The van der Waals surface area contributed by atoms with Crippen molar-refractivity contribution in [1.82, 2.24) is 9.97 Å². The van der Waals surface area contributed by atoms with E-state index < -0.39 is 0 Å². The van der Waals surface area contributed by atoms with Crippen LogP contribution in [0.3, 0.4) is 0 Å². The topological polar surface area (TPSA) is 64.2 Å². The fourth-order valence-electron chi connectivity index (χ4n) is 3.99. The molecule has 0 aliphatic heterocycles. The third-order valence-electron chi connectivity index (χ3n) is 5.54. The van der Waals surface area contributed by atoms with Crippen molar-refractivity contribution in [3.63, 3.8) is 0 Å². The van der Waals surface area contributed by atoms with E-state index in [1.165, 1.54) is 19.6 Å². The van der Waals surface area contributed by atoms with E-state index in [-0.39, 0.29) is 0 Å². The molecule has 0 fully saturated rings. The van der Waals surface area contributed by atoms with Crippen molar-refractivity contribution in [3.8, 4) is 34.0 Å². The molecule has 5 nitrogen and oxygen atoms in total. The van der Waals surface area contributed by atoms with Gasteiger partial charge in [-0.3, -0.25) is 9.78 Å². The molecule has 0 atom stereocenters. The number of aldehydes is 1. The number of methoxy groups -OCH3 is 2. The van der Waals surface area contributed by atoms with Gasteiger partial charge in [0.25, 0.3) is 0 Å². The molecule has 0 bridgehead atoms. The summed E-state index contributed by atoms with van der Waals surface area (Å²) >= 11 is 0. The van der Waals surface area contributed by atoms with Crippen LogP contribution in [0.25, 0.3) is 44.2 Å². The first kappa shape index (κ1) is 18.9. The van der Waals surface area contributed by atoms with Crippen LogP contribution in [-0.4, -0.2) is 30.5 Å². The van der Waals surface area contributed by atoms with Gasteiger partial charge in [0.05, 0.1) is 25.5 Å². The lowest BCUT2D eigenvalue weighted by molar-refractivity contribution is 0.111. The number of carbonyl (C=O) groups excluding carboxylic acids is 1. The Hall–Kier alpha value is -4.12. The van der Waals surface area contributed by atoms with Crippen molar-refractivity contribution in [2.45, 2.75) is 0 Å². The molecule has 0 unspecified atom stereocenters. The molecule has 5 rings (SSSR count). The Morgan fingerprint density at radius 1 is 0.839 bits per heavy atom. The summed E-state index contributed by atoms with van der Waals surface area (Å²) in [4.78, 5) is 19.7. The summed E-state index contributed by atoms with van der Waals surface area (Å²) in [6.45, 7) is 0. The van der Waals surface area contributed by atoms with Crippen molar-refractivity contribution >= 4 is 28.0 Å². The molecule has 152 valence electrons. The van der Waals surface area contributed by atoms with Gasteiger partial charge in [-0.1, -0.05) is 30.3 Å². The molecule has 0 amide bonds. The zero-order valence-corrected chi connectivity index (χ0v) is 17.2. The number of aromatic amines is 1. The molecule has 3 aromatic carbocycles. The highest BCUT2D eigenvalue weighted by molar-refractivity contribution is 5.99. The number of ether oxygens (including phenoxy) is 2. The van der Waals surface area contributed by atoms with Gasteiger partial charge in [-0.25, -0.2) is 0 Å². The molecule has 0 radical (unpaired) electrons. The van der Waals surface area contributed by atoms with Crippen LogP contribution in [0.15, 0.2) is 72.9 Å². The lowest BCUT2D eigenvalue weighted by Gasteiger charge is -2.13. The molecule has 2 aromatic heterocycles. The number of H-pyrrole nitrogens is 1. The van der Waals surface area contributed by atoms with Crippen LogP contribution in [0, 0.1) is 0 Å². The normalized spacial score (nSPS) is 11.0. The Kier molecular flexibility index (Phi) is 4.64. The third-order valence-corrected chi connectivity index (χ3v) is 5.54. The molecule has 2 heterocycles. The smallest absolute Gasteiger partial charge is 0.157 e. The number of fused-ring (bicyclic) bond motifs is 2. The standard InChI is InChI=1S/C26H20N2O3/c1-30-24-13-19(14-25(31-2)21(24)15-29)26-20-11-18(8-7-16(20)9-10-27-26)23-12-17-5-3-4-6-22(17)28-23/h3-15,28H,1-2H3. The lowest BCUT2D eigenvalue weighted by atomic mass is 9.99. The highest BCUT2D eigenvalue weighted by Crippen LogP contribution is 2.37. The van der Waals surface area contributed by atoms with Crippen molar-refractivity contribution in [2.75, 3.05) is 14.2 Å². The molecule has 0 saturated carbocycles. The zero-order valence-electron chi connectivity index (χ0n) is 17.2. The van der Waals surface area contributed by atoms with E-state index >= 15 is 0 Å². The minimum atomic E-state index is 0.382. The van der Waals surface area contributed by atoms with Crippen LogP contribution in [0.5, 0.6) is 11.5 Å². The number of benzene rings is 3. The SMILES string of the molecule is COc1cc(-c2nccc3ccc(-c4cc5ccccc5[nH]4)cc23)cc(OC)c1C=O. The molecular weight excluding hydrogens is 388 g/mol. The maximum Gasteiger partial charge on any atom is 0.157 e. The Morgan fingerprint density at radius 2 is 1.61 bits per heavy atom. The average Bonchev–Trinajstić information content (AvgIpc) is 3.26. The second kappa shape index (κ2) is 7.61. The van der Waals surface area contributed by atoms with Crippen LogP contribution in [0.1, 0.15) is 10.4 Å². The summed E-state index contributed by atoms with van der Waals surface area (Å²) < 4.78 is 10.9. The molecule has 0 saturated heterocycles. The van der Waals surface area contributed by atoms with E-state index in [1.54, 1.807) is 6.20 Å². The number of pyridine rings is 1. The van der Waals surface area contributed by atoms with Gasteiger partial charge in [0.2, 0.25) is 0 Å². The monoisotopic (exact) mass is 408 g/mol. The van der Waals surface area contributed by atoms with E-state index in [0.29, 0.717) is 17.1 Å². The second-order valence-electron chi connectivity index (χ2n) is 7.28. The first-order valence-electron chi connectivity index (χ1n) is 9.90. The van der Waals surface area contributed by atoms with Crippen LogP contribution < -0.4 is 9.47 Å². The minimum absolute atomic E-state index is 0.382. The quantitative estimate of drug-likeness (QED) is 0.369. The second-order valence-corrected chi connectivity index (χ2v) is 7.28. The predicted octanol–water partition coefficient (Wildman–Crippen LogP) is 5.88. The molecule has 1 N–H and O–H groups in total. The van der Waals surface area contributed by atoms with Gasteiger partial charge >= 0.3 is 0 Å². The lowest BCUT2D eigenvalue weighted by Crippen LogP contribution is -1.97. The zero-order chi connectivity index (χ0) is 21.4. The van der Waals surface area contributed by atoms with E-state index in [0.717, 1.165) is 45.1 Å². The summed E-state index contributed by atoms with van der Waals surface area (Å²) in [6, 6.07) is 22.3. The fourth-order valence-corrected chi connectivity index (χ4v) is 3.99. The van der Waals surface area contributed by atoms with Gasteiger partial charge in [-0.2, -0.15) is 0 Å². The fraction of sp³-hybridized carbons (Fsp3) is 0.0769. The number of aromatic nitrogens is 2. The number of hydrogen-bond acceptors (Lipinski definition) is 4. The van der Waals surface area contributed by atoms with E-state index in [2.05, 4.69) is 46.4 Å². The number of nitrogens with one attached hydrogen (secondary N) is 1. The first-order valence-corrected chi connectivity index (χ1v) is 9.90. The highest BCUT2D eigenvalue weighted by atomic mass is 16.5. The van der Waals surface area contributed by atoms with Gasteiger partial charge in [-0.15, -0.1) is 0 Å². The van der Waals surface area contributed by atoms with Gasteiger partial charge in [0.15, 0.2) is 6.29 Å². The van der Waals surface area contributed by atoms with Gasteiger partial charge < -0.3 is 14.5 Å². The molecular formula is C26H20N2O3. The maximum atomic E-state index is 11.5. The van der Waals surface area contributed by atoms with Gasteiger partial charge in [0, 0.05) is 33.7 Å². The summed E-state index contributed by atoms with van der Waals surface area (Å²) in [5.41, 5.74) is 5.21. The van der Waals surface area contributed by atoms with Crippen molar-refractivity contribution in [1.29, 1.82) is 0 Å². The third kappa shape index (κ3) is 3.20. The largest absolute Gasteiger partial charge is 0.496 e. The maximum absolute atomic E-state index is 11.5. The van der Waals surface area contributed by atoms with Gasteiger partial charge in [0.1, 0.15) is 11.5 Å². The summed E-state index contributed by atoms with van der Waals surface area (Å²) in [5, 5.41) is 3.24. The van der Waals surface area contributed by atoms with Gasteiger partial charge in [-0.05, 0) is 47.3 Å². The first-order chi connectivity index (χ1) is 15.2. The molecule has 0 aliphatic rings. The van der Waals surface area contributed by atoms with Crippen LogP contribution in [-0.2, 0) is 0 Å². The Balaban J connectivity index is 1.71. The van der Waals surface area contributed by atoms with Crippen molar-refractivity contribution in [3.05, 3.63) is 78.5 Å². The van der Waals surface area contributed by atoms with E-state index in [4.69, 9.17) is 9.47 Å². The molecule has 0 spiro atoms. The number of para-hydroxylation sites is 1. The summed E-state index contributed by atoms with van der Waals surface area (Å²) in [5.74, 6) is 0.907. The molecule has 31 heavy (non-hydrogen) atoms. The molecule has 5 heteroatoms. The van der Waals surface area contributed by atoms with Crippen LogP contribution >= 0.6 is 0 Å². The number of carbonyl (C=O) groups is 1. The minimum Gasteiger partial charge on any atom is -0.496 e. The highest BCUT2D eigenvalue weighted by Gasteiger charge is 2.16. The van der Waals surface area contributed by atoms with Crippen LogP contribution in [0.4, 0.5) is 0 Å². The molecule has 5 aromatic rings. The summed E-state index contributed by atoms with van der Waals surface area (Å²) in [6.07, 6.45) is 2.53. The van der Waals surface area contributed by atoms with E-state index in [9.17, 15) is 4.79 Å². The van der Waals surface area contributed by atoms with E-state index in [1.807, 2.05) is 30.3 Å². The predicted molar refractivity (Wildman–Crippen MR) is 123 cm³/mol. The van der Waals surface area contributed by atoms with Crippen molar-refractivity contribution in [2.24, 2.45) is 0 Å². The Morgan fingerprint density at radius 3 is 2.32 bits per heavy atom. The number of rotatable bonds is 5. The molecule has 0 aliphatic carbocycles. The Labute approximate surface area is 179 Å². The Bertz CT molecular complexity index is 1380. The van der Waals surface area contributed by atoms with Crippen LogP contribution in [0.2, 0.25) is 0 Å². The number of hydrogen-bond donors (Lipinski definition) is 1. The summed E-state index contributed by atoms with van der Waals surface area (Å²) in [7, 11) is 3.08.